The first kappa shape index (κ1) is 16.0. The molecule has 106 valence electrons. The van der Waals surface area contributed by atoms with E-state index in [1.54, 1.807) is 13.8 Å². The topological polar surface area (TPSA) is 71.4 Å². The van der Waals surface area contributed by atoms with Gasteiger partial charge in [-0.1, -0.05) is 25.4 Å². The molecule has 0 aliphatic heterocycles. The minimum atomic E-state index is -3.56. The predicted molar refractivity (Wildman–Crippen MR) is 74.7 cm³/mol. The first-order valence-corrected chi connectivity index (χ1v) is 7.95. The summed E-state index contributed by atoms with van der Waals surface area (Å²) in [6.45, 7) is 5.09. The molecule has 1 aromatic rings. The van der Waals surface area contributed by atoms with Crippen LogP contribution in [-0.4, -0.2) is 24.7 Å². The maximum absolute atomic E-state index is 12.5. The summed E-state index contributed by atoms with van der Waals surface area (Å²) < 4.78 is 25.0. The van der Waals surface area contributed by atoms with Gasteiger partial charge in [0, 0.05) is 5.02 Å². The molecule has 0 saturated heterocycles. The van der Waals surface area contributed by atoms with E-state index in [-0.39, 0.29) is 21.0 Å². The van der Waals surface area contributed by atoms with E-state index >= 15 is 0 Å². The van der Waals surface area contributed by atoms with E-state index in [0.29, 0.717) is 12.8 Å². The van der Waals surface area contributed by atoms with E-state index in [1.807, 2.05) is 0 Å². The molecule has 0 atom stereocenters. The minimum Gasteiger partial charge on any atom is -0.478 e. The lowest BCUT2D eigenvalue weighted by molar-refractivity contribution is 0.0696. The van der Waals surface area contributed by atoms with Crippen LogP contribution in [0.2, 0.25) is 5.02 Å². The summed E-state index contributed by atoms with van der Waals surface area (Å²) in [5.74, 6) is -1.18. The van der Waals surface area contributed by atoms with Crippen molar-refractivity contribution in [2.75, 3.05) is 0 Å². The molecule has 1 rings (SSSR count). The molecule has 0 aliphatic rings. The Bertz CT molecular complexity index is 589. The summed E-state index contributed by atoms with van der Waals surface area (Å²) in [4.78, 5) is 11.1. The van der Waals surface area contributed by atoms with Crippen molar-refractivity contribution >= 4 is 27.4 Å². The average Bonchev–Trinajstić information content (AvgIpc) is 2.32. The Balaban J connectivity index is 3.55. The Labute approximate surface area is 118 Å². The lowest BCUT2D eigenvalue weighted by Gasteiger charge is -2.17. The first-order chi connectivity index (χ1) is 8.75. The third-order valence-corrected chi connectivity index (χ3v) is 6.01. The number of sulfone groups is 1. The van der Waals surface area contributed by atoms with Gasteiger partial charge in [-0.3, -0.25) is 0 Å². The van der Waals surface area contributed by atoms with E-state index in [9.17, 15) is 13.2 Å². The Morgan fingerprint density at radius 2 is 1.84 bits per heavy atom. The summed E-state index contributed by atoms with van der Waals surface area (Å²) in [5, 5.41) is 8.68. The second kappa shape index (κ2) is 5.92. The molecule has 0 amide bonds. The predicted octanol–water partition coefficient (Wildman–Crippen LogP) is 3.31. The maximum atomic E-state index is 12.5. The van der Waals surface area contributed by atoms with Crippen LogP contribution in [-0.2, 0) is 9.84 Å². The largest absolute Gasteiger partial charge is 0.478 e. The van der Waals surface area contributed by atoms with Crippen molar-refractivity contribution in [2.24, 2.45) is 0 Å². The number of benzene rings is 1. The molecule has 4 nitrogen and oxygen atoms in total. The van der Waals surface area contributed by atoms with Crippen LogP contribution in [0.1, 0.15) is 42.6 Å². The zero-order chi connectivity index (χ0) is 14.8. The van der Waals surface area contributed by atoms with Crippen molar-refractivity contribution in [1.29, 1.82) is 0 Å². The number of aromatic carboxylic acids is 1. The molecule has 0 aromatic heterocycles. The summed E-state index contributed by atoms with van der Waals surface area (Å²) in [6.07, 6.45) is 0.959. The summed E-state index contributed by atoms with van der Waals surface area (Å²) >= 11 is 5.84. The summed E-state index contributed by atoms with van der Waals surface area (Å²) in [7, 11) is -3.56. The molecule has 1 N–H and O–H groups in total. The van der Waals surface area contributed by atoms with Crippen molar-refractivity contribution in [3.05, 3.63) is 28.3 Å². The van der Waals surface area contributed by atoms with Gasteiger partial charge in [-0.2, -0.15) is 0 Å². The minimum absolute atomic E-state index is 0.0195. The van der Waals surface area contributed by atoms with Gasteiger partial charge in [-0.25, -0.2) is 13.2 Å². The Morgan fingerprint density at radius 3 is 2.26 bits per heavy atom. The molecule has 0 spiro atoms. The van der Waals surface area contributed by atoms with Crippen LogP contribution < -0.4 is 0 Å². The van der Waals surface area contributed by atoms with E-state index < -0.39 is 21.1 Å². The van der Waals surface area contributed by atoms with Gasteiger partial charge in [0.2, 0.25) is 0 Å². The molecule has 0 aliphatic carbocycles. The second-order valence-corrected chi connectivity index (χ2v) is 7.00. The molecule has 0 bridgehead atoms. The molecule has 0 fully saturated rings. The molecule has 1 aromatic carbocycles. The fourth-order valence-corrected chi connectivity index (χ4v) is 4.43. The van der Waals surface area contributed by atoms with E-state index in [1.165, 1.54) is 19.1 Å². The average molecular weight is 305 g/mol. The van der Waals surface area contributed by atoms with Crippen LogP contribution in [0.4, 0.5) is 0 Å². The molecule has 0 unspecified atom stereocenters. The highest BCUT2D eigenvalue weighted by atomic mass is 35.5. The number of carbonyl (C=O) groups is 1. The van der Waals surface area contributed by atoms with Crippen molar-refractivity contribution in [2.45, 2.75) is 43.8 Å². The van der Waals surface area contributed by atoms with Crippen LogP contribution >= 0.6 is 11.6 Å². The van der Waals surface area contributed by atoms with Crippen molar-refractivity contribution in [1.82, 2.24) is 0 Å². The first-order valence-electron chi connectivity index (χ1n) is 6.03. The van der Waals surface area contributed by atoms with E-state index in [0.717, 1.165) is 0 Å². The number of hydrogen-bond donors (Lipinski definition) is 1. The number of carboxylic acid groups (broad SMARTS) is 1. The van der Waals surface area contributed by atoms with Gasteiger partial charge in [0.05, 0.1) is 15.7 Å². The monoisotopic (exact) mass is 304 g/mol. The zero-order valence-corrected chi connectivity index (χ0v) is 12.7. The molecule has 6 heteroatoms. The Kier molecular flexibility index (Phi) is 4.98. The van der Waals surface area contributed by atoms with Gasteiger partial charge in [-0.05, 0) is 37.5 Å². The number of halogens is 1. The number of hydrogen-bond acceptors (Lipinski definition) is 3. The normalized spacial score (nSPS) is 11.8. The highest BCUT2D eigenvalue weighted by Crippen LogP contribution is 2.29. The smallest absolute Gasteiger partial charge is 0.336 e. The Hall–Kier alpha value is -1.07. The highest BCUT2D eigenvalue weighted by Gasteiger charge is 2.28. The van der Waals surface area contributed by atoms with E-state index in [4.69, 9.17) is 16.7 Å². The molecule has 19 heavy (non-hydrogen) atoms. The van der Waals surface area contributed by atoms with Crippen molar-refractivity contribution in [3.63, 3.8) is 0 Å². The SMILES string of the molecule is CCC(CC)S(=O)(=O)c1cc(Cl)cc(C(=O)O)c1C. The standard InChI is InChI=1S/C13H17ClO4S/c1-4-10(5-2)19(17,18)12-7-9(14)6-11(8(12)3)13(15)16/h6-7,10H,4-5H2,1-3H3,(H,15,16). The van der Waals surface area contributed by atoms with Crippen molar-refractivity contribution in [3.8, 4) is 0 Å². The second-order valence-electron chi connectivity index (χ2n) is 4.37. The molecule has 0 radical (unpaired) electrons. The van der Waals surface area contributed by atoms with Gasteiger partial charge >= 0.3 is 5.97 Å². The van der Waals surface area contributed by atoms with Gasteiger partial charge in [0.25, 0.3) is 0 Å². The fraction of sp³-hybridized carbons (Fsp3) is 0.462. The number of rotatable bonds is 5. The van der Waals surface area contributed by atoms with Crippen LogP contribution in [0.3, 0.4) is 0 Å². The van der Waals surface area contributed by atoms with Gasteiger partial charge in [-0.15, -0.1) is 0 Å². The Morgan fingerprint density at radius 1 is 1.32 bits per heavy atom. The van der Waals surface area contributed by atoms with Crippen LogP contribution in [0.15, 0.2) is 17.0 Å². The summed E-state index contributed by atoms with van der Waals surface area (Å²) in [5.41, 5.74) is 0.167. The third kappa shape index (κ3) is 3.09. The van der Waals surface area contributed by atoms with E-state index in [2.05, 4.69) is 0 Å². The third-order valence-electron chi connectivity index (χ3n) is 3.21. The quantitative estimate of drug-likeness (QED) is 0.906. The molecule has 0 heterocycles. The van der Waals surface area contributed by atoms with Crippen LogP contribution in [0.5, 0.6) is 0 Å². The number of carboxylic acids is 1. The molecule has 0 saturated carbocycles. The van der Waals surface area contributed by atoms with Crippen LogP contribution in [0.25, 0.3) is 0 Å². The van der Waals surface area contributed by atoms with Crippen LogP contribution in [0, 0.1) is 6.92 Å². The molecular formula is C13H17ClO4S. The molecular weight excluding hydrogens is 288 g/mol. The maximum Gasteiger partial charge on any atom is 0.336 e. The van der Waals surface area contributed by atoms with Gasteiger partial charge in [0.15, 0.2) is 9.84 Å². The van der Waals surface area contributed by atoms with Gasteiger partial charge < -0.3 is 5.11 Å². The van der Waals surface area contributed by atoms with Gasteiger partial charge in [0.1, 0.15) is 0 Å². The zero-order valence-electron chi connectivity index (χ0n) is 11.1. The van der Waals surface area contributed by atoms with Crippen molar-refractivity contribution < 1.29 is 18.3 Å². The lowest BCUT2D eigenvalue weighted by atomic mass is 10.1. The fourth-order valence-electron chi connectivity index (χ4n) is 2.08. The summed E-state index contributed by atoms with van der Waals surface area (Å²) in [6, 6.07) is 2.60. The lowest BCUT2D eigenvalue weighted by Crippen LogP contribution is -2.21. The highest BCUT2D eigenvalue weighted by molar-refractivity contribution is 7.92.